The molecule has 0 spiro atoms. The maximum absolute atomic E-state index is 12.4. The first kappa shape index (κ1) is 23.4. The first-order valence-electron chi connectivity index (χ1n) is 10.8. The van der Waals surface area contributed by atoms with E-state index in [0.29, 0.717) is 24.6 Å². The highest BCUT2D eigenvalue weighted by atomic mass is 16.5. The number of hydrogen-bond acceptors (Lipinski definition) is 5. The van der Waals surface area contributed by atoms with Gasteiger partial charge in [0.1, 0.15) is 5.54 Å². The molecule has 29 heavy (non-hydrogen) atoms. The molecule has 1 aliphatic rings. The van der Waals surface area contributed by atoms with Gasteiger partial charge in [-0.15, -0.1) is 0 Å². The molecule has 1 heterocycles. The van der Waals surface area contributed by atoms with Crippen molar-refractivity contribution in [2.45, 2.75) is 110 Å². The summed E-state index contributed by atoms with van der Waals surface area (Å²) in [5.41, 5.74) is -0.693. The van der Waals surface area contributed by atoms with E-state index in [9.17, 15) is 9.59 Å². The van der Waals surface area contributed by atoms with Crippen LogP contribution in [0.1, 0.15) is 105 Å². The lowest BCUT2D eigenvalue weighted by atomic mass is 9.82. The Morgan fingerprint density at radius 1 is 1.07 bits per heavy atom. The highest BCUT2D eigenvalue weighted by Gasteiger charge is 2.38. The second-order valence-electron chi connectivity index (χ2n) is 10.4. The van der Waals surface area contributed by atoms with Crippen molar-refractivity contribution in [3.05, 3.63) is 11.7 Å². The molecule has 1 aliphatic carbocycles. The van der Waals surface area contributed by atoms with Crippen molar-refractivity contribution in [1.29, 1.82) is 0 Å². The van der Waals surface area contributed by atoms with Gasteiger partial charge in [-0.05, 0) is 38.5 Å². The van der Waals surface area contributed by atoms with E-state index in [2.05, 4.69) is 41.5 Å². The number of aromatic nitrogens is 2. The van der Waals surface area contributed by atoms with Crippen LogP contribution in [0.3, 0.4) is 0 Å². The van der Waals surface area contributed by atoms with Crippen LogP contribution in [0.15, 0.2) is 4.52 Å². The molecule has 0 aromatic carbocycles. The van der Waals surface area contributed by atoms with Crippen LogP contribution in [0.25, 0.3) is 0 Å². The molecule has 164 valence electrons. The third-order valence-corrected chi connectivity index (χ3v) is 5.28. The Bertz CT molecular complexity index is 695. The maximum Gasteiger partial charge on any atom is 0.227 e. The van der Waals surface area contributed by atoms with Crippen molar-refractivity contribution in [2.75, 3.05) is 0 Å². The number of carbonyl (C=O) groups excluding carboxylic acids is 2. The molecule has 2 N–H and O–H groups in total. The second-order valence-corrected chi connectivity index (χ2v) is 10.4. The number of nitrogens with zero attached hydrogens (tertiary/aromatic N) is 2. The molecular weight excluding hydrogens is 368 g/mol. The van der Waals surface area contributed by atoms with E-state index >= 15 is 0 Å². The van der Waals surface area contributed by atoms with E-state index < -0.39 is 5.54 Å². The molecule has 0 bridgehead atoms. The first-order valence-corrected chi connectivity index (χ1v) is 10.8. The molecule has 1 aromatic rings. The number of aryl methyl sites for hydroxylation is 1. The Labute approximate surface area is 174 Å². The van der Waals surface area contributed by atoms with Crippen LogP contribution in [-0.4, -0.2) is 27.5 Å². The molecule has 1 aromatic heterocycles. The van der Waals surface area contributed by atoms with Gasteiger partial charge in [-0.2, -0.15) is 4.98 Å². The average Bonchev–Trinajstić information content (AvgIpc) is 2.90. The van der Waals surface area contributed by atoms with Crippen LogP contribution in [0.4, 0.5) is 0 Å². The van der Waals surface area contributed by atoms with Crippen LogP contribution < -0.4 is 10.6 Å². The number of carbonyl (C=O) groups is 2. The molecule has 7 nitrogen and oxygen atoms in total. The number of nitrogens with one attached hydrogen (secondary N) is 2. The van der Waals surface area contributed by atoms with Crippen LogP contribution in [0.2, 0.25) is 0 Å². The molecule has 0 saturated heterocycles. The first-order chi connectivity index (χ1) is 13.4. The smallest absolute Gasteiger partial charge is 0.227 e. The average molecular weight is 407 g/mol. The van der Waals surface area contributed by atoms with Crippen LogP contribution in [0.5, 0.6) is 0 Å². The number of amides is 2. The third kappa shape index (κ3) is 7.44. The van der Waals surface area contributed by atoms with Crippen molar-refractivity contribution >= 4 is 11.8 Å². The molecule has 2 rings (SSSR count). The monoisotopic (exact) mass is 406 g/mol. The molecule has 0 aliphatic heterocycles. The highest BCUT2D eigenvalue weighted by molar-refractivity contribution is 5.76. The molecule has 1 saturated carbocycles. The second kappa shape index (κ2) is 9.26. The summed E-state index contributed by atoms with van der Waals surface area (Å²) in [7, 11) is 0. The normalized spacial score (nSPS) is 17.4. The van der Waals surface area contributed by atoms with E-state index in [1.165, 1.54) is 6.92 Å². The Hall–Kier alpha value is -1.92. The zero-order valence-corrected chi connectivity index (χ0v) is 19.0. The number of hydrogen-bond donors (Lipinski definition) is 2. The zero-order valence-electron chi connectivity index (χ0n) is 19.0. The summed E-state index contributed by atoms with van der Waals surface area (Å²) < 4.78 is 5.43. The summed E-state index contributed by atoms with van der Waals surface area (Å²) >= 11 is 0. The van der Waals surface area contributed by atoms with Gasteiger partial charge in [-0.1, -0.05) is 51.6 Å². The van der Waals surface area contributed by atoms with E-state index in [1.54, 1.807) is 0 Å². The minimum Gasteiger partial charge on any atom is -0.351 e. The predicted molar refractivity (Wildman–Crippen MR) is 112 cm³/mol. The Balaban J connectivity index is 2.00. The van der Waals surface area contributed by atoms with E-state index in [-0.39, 0.29) is 22.8 Å². The lowest BCUT2D eigenvalue weighted by Crippen LogP contribution is -2.46. The van der Waals surface area contributed by atoms with Crippen molar-refractivity contribution in [1.82, 2.24) is 20.8 Å². The fourth-order valence-corrected chi connectivity index (χ4v) is 4.65. The van der Waals surface area contributed by atoms with Crippen LogP contribution in [-0.2, 0) is 21.5 Å². The summed E-state index contributed by atoms with van der Waals surface area (Å²) in [5.74, 6) is 0.875. The van der Waals surface area contributed by atoms with Crippen LogP contribution >= 0.6 is 0 Å². The maximum atomic E-state index is 12.4. The number of rotatable bonds is 7. The largest absolute Gasteiger partial charge is 0.351 e. The van der Waals surface area contributed by atoms with Gasteiger partial charge in [0.25, 0.3) is 0 Å². The quantitative estimate of drug-likeness (QED) is 0.667. The van der Waals surface area contributed by atoms with Gasteiger partial charge in [0.15, 0.2) is 5.82 Å². The van der Waals surface area contributed by atoms with Gasteiger partial charge in [-0.25, -0.2) is 0 Å². The molecular formula is C22H38N4O3. The van der Waals surface area contributed by atoms with Gasteiger partial charge < -0.3 is 15.2 Å². The Kier molecular flexibility index (Phi) is 7.46. The minimum absolute atomic E-state index is 0.0231. The molecule has 0 unspecified atom stereocenters. The van der Waals surface area contributed by atoms with E-state index in [1.807, 2.05) is 13.8 Å². The van der Waals surface area contributed by atoms with Gasteiger partial charge >= 0.3 is 0 Å². The molecule has 7 heteroatoms. The minimum atomic E-state index is -0.555. The topological polar surface area (TPSA) is 97.1 Å². The lowest BCUT2D eigenvalue weighted by Gasteiger charge is -2.33. The van der Waals surface area contributed by atoms with Gasteiger partial charge in [0.05, 0.1) is 0 Å². The highest BCUT2D eigenvalue weighted by Crippen LogP contribution is 2.34. The summed E-state index contributed by atoms with van der Waals surface area (Å²) in [6.45, 7) is 12.1. The Morgan fingerprint density at radius 2 is 1.69 bits per heavy atom. The fourth-order valence-electron chi connectivity index (χ4n) is 4.65. The SMILES string of the molecule is CC(=O)NC1(c2noc(CCC(=O)NC(C)(C)CC(C)(C)C)n2)CCCCCC1. The Morgan fingerprint density at radius 3 is 2.24 bits per heavy atom. The fraction of sp³-hybridized carbons (Fsp3) is 0.818. The van der Waals surface area contributed by atoms with Crippen molar-refractivity contribution in [2.24, 2.45) is 5.41 Å². The van der Waals surface area contributed by atoms with Gasteiger partial charge in [0, 0.05) is 25.3 Å². The van der Waals surface area contributed by atoms with Crippen LogP contribution in [0, 0.1) is 5.41 Å². The van der Waals surface area contributed by atoms with Gasteiger partial charge in [-0.3, -0.25) is 9.59 Å². The lowest BCUT2D eigenvalue weighted by molar-refractivity contribution is -0.123. The van der Waals surface area contributed by atoms with Crippen molar-refractivity contribution < 1.29 is 14.1 Å². The van der Waals surface area contributed by atoms with Crippen molar-refractivity contribution in [3.63, 3.8) is 0 Å². The molecule has 1 fully saturated rings. The molecule has 2 amide bonds. The predicted octanol–water partition coefficient (Wildman–Crippen LogP) is 4.02. The third-order valence-electron chi connectivity index (χ3n) is 5.28. The molecule has 0 radical (unpaired) electrons. The summed E-state index contributed by atoms with van der Waals surface area (Å²) in [5, 5.41) is 10.4. The summed E-state index contributed by atoms with van der Waals surface area (Å²) in [6.07, 6.45) is 7.54. The van der Waals surface area contributed by atoms with Gasteiger partial charge in [0.2, 0.25) is 17.7 Å². The van der Waals surface area contributed by atoms with Crippen molar-refractivity contribution in [3.8, 4) is 0 Å². The summed E-state index contributed by atoms with van der Waals surface area (Å²) in [4.78, 5) is 28.8. The zero-order chi connectivity index (χ0) is 21.7. The summed E-state index contributed by atoms with van der Waals surface area (Å²) in [6, 6.07) is 0. The standard InChI is InChI=1S/C22H38N4O3/c1-16(27)24-22(13-9-7-8-10-14-22)19-23-18(29-26-19)12-11-17(28)25-21(5,6)15-20(2,3)4/h7-15H2,1-6H3,(H,24,27)(H,25,28). The van der Waals surface area contributed by atoms with E-state index in [0.717, 1.165) is 44.9 Å². The van der Waals surface area contributed by atoms with E-state index in [4.69, 9.17) is 4.52 Å². The molecule has 0 atom stereocenters.